The molecule has 1 unspecified atom stereocenters. The molecule has 1 nitrogen and oxygen atoms in total. The standard InChI is InChI=1S/C17H18FN/c1-11-3-4-13-5-6-17(16(13)9-11)19-15-8-12(2)7-14(18)10-15/h3-4,7-10,17,19H,5-6H2,1-2H3. The van der Waals surface area contributed by atoms with Crippen molar-refractivity contribution in [3.63, 3.8) is 0 Å². The first-order chi connectivity index (χ1) is 9.11. The van der Waals surface area contributed by atoms with Gasteiger partial charge in [-0.1, -0.05) is 23.8 Å². The zero-order valence-electron chi connectivity index (χ0n) is 11.3. The SMILES string of the molecule is Cc1cc(F)cc(NC2CCc3ccc(C)cc32)c1. The van der Waals surface area contributed by atoms with Crippen LogP contribution in [0.5, 0.6) is 0 Å². The van der Waals surface area contributed by atoms with E-state index in [-0.39, 0.29) is 5.82 Å². The number of rotatable bonds is 2. The van der Waals surface area contributed by atoms with Gasteiger partial charge in [0.05, 0.1) is 6.04 Å². The minimum absolute atomic E-state index is 0.176. The van der Waals surface area contributed by atoms with E-state index in [0.29, 0.717) is 6.04 Å². The zero-order valence-corrected chi connectivity index (χ0v) is 11.3. The van der Waals surface area contributed by atoms with Crippen LogP contribution in [0.25, 0.3) is 0 Å². The summed E-state index contributed by atoms with van der Waals surface area (Å²) in [6.45, 7) is 4.03. The van der Waals surface area contributed by atoms with Gasteiger partial charge in [0.15, 0.2) is 0 Å². The summed E-state index contributed by atoms with van der Waals surface area (Å²) in [7, 11) is 0. The third-order valence-corrected chi connectivity index (χ3v) is 3.76. The van der Waals surface area contributed by atoms with Gasteiger partial charge in [-0.15, -0.1) is 0 Å². The van der Waals surface area contributed by atoms with Crippen molar-refractivity contribution in [2.75, 3.05) is 5.32 Å². The lowest BCUT2D eigenvalue weighted by molar-refractivity contribution is 0.626. The van der Waals surface area contributed by atoms with E-state index >= 15 is 0 Å². The lowest BCUT2D eigenvalue weighted by Gasteiger charge is -2.16. The molecule has 0 amide bonds. The van der Waals surface area contributed by atoms with Crippen LogP contribution in [-0.4, -0.2) is 0 Å². The number of anilines is 1. The molecule has 0 heterocycles. The minimum atomic E-state index is -0.176. The van der Waals surface area contributed by atoms with Crippen molar-refractivity contribution in [2.24, 2.45) is 0 Å². The van der Waals surface area contributed by atoms with Gasteiger partial charge < -0.3 is 5.32 Å². The summed E-state index contributed by atoms with van der Waals surface area (Å²) < 4.78 is 13.4. The Morgan fingerprint density at radius 2 is 1.89 bits per heavy atom. The van der Waals surface area contributed by atoms with E-state index < -0.39 is 0 Å². The van der Waals surface area contributed by atoms with Crippen molar-refractivity contribution in [3.8, 4) is 0 Å². The Morgan fingerprint density at radius 3 is 2.68 bits per heavy atom. The Labute approximate surface area is 113 Å². The van der Waals surface area contributed by atoms with Crippen LogP contribution in [0, 0.1) is 19.7 Å². The van der Waals surface area contributed by atoms with Crippen LogP contribution < -0.4 is 5.32 Å². The fraction of sp³-hybridized carbons (Fsp3) is 0.294. The Bertz CT molecular complexity index is 598. The van der Waals surface area contributed by atoms with Crippen molar-refractivity contribution in [3.05, 3.63) is 64.5 Å². The molecule has 1 aliphatic rings. The van der Waals surface area contributed by atoms with Crippen molar-refractivity contribution in [2.45, 2.75) is 32.7 Å². The van der Waals surface area contributed by atoms with E-state index in [1.165, 1.54) is 16.7 Å². The molecule has 0 bridgehead atoms. The maximum Gasteiger partial charge on any atom is 0.125 e. The number of fused-ring (bicyclic) bond motifs is 1. The monoisotopic (exact) mass is 255 g/mol. The highest BCUT2D eigenvalue weighted by Crippen LogP contribution is 2.34. The molecule has 2 aromatic carbocycles. The van der Waals surface area contributed by atoms with Crippen LogP contribution in [0.1, 0.15) is 34.7 Å². The summed E-state index contributed by atoms with van der Waals surface area (Å²) in [4.78, 5) is 0. The molecule has 0 radical (unpaired) electrons. The van der Waals surface area contributed by atoms with Crippen LogP contribution in [0.2, 0.25) is 0 Å². The summed E-state index contributed by atoms with van der Waals surface area (Å²) in [5.41, 5.74) is 5.88. The van der Waals surface area contributed by atoms with Crippen LogP contribution >= 0.6 is 0 Å². The van der Waals surface area contributed by atoms with E-state index in [1.807, 2.05) is 13.0 Å². The first-order valence-electron chi connectivity index (χ1n) is 6.75. The third kappa shape index (κ3) is 2.48. The fourth-order valence-corrected chi connectivity index (χ4v) is 2.89. The first kappa shape index (κ1) is 12.2. The molecule has 0 aromatic heterocycles. The molecule has 0 aliphatic heterocycles. The second-order valence-electron chi connectivity index (χ2n) is 5.46. The Balaban J connectivity index is 1.88. The quantitative estimate of drug-likeness (QED) is 0.830. The summed E-state index contributed by atoms with van der Waals surface area (Å²) in [6.07, 6.45) is 2.18. The van der Waals surface area contributed by atoms with Gasteiger partial charge in [0.25, 0.3) is 0 Å². The molecule has 19 heavy (non-hydrogen) atoms. The van der Waals surface area contributed by atoms with Gasteiger partial charge in [0, 0.05) is 5.69 Å². The second kappa shape index (κ2) is 4.69. The van der Waals surface area contributed by atoms with Crippen molar-refractivity contribution >= 4 is 5.69 Å². The van der Waals surface area contributed by atoms with Crippen LogP contribution in [0.3, 0.4) is 0 Å². The summed E-state index contributed by atoms with van der Waals surface area (Å²) >= 11 is 0. The van der Waals surface area contributed by atoms with Gasteiger partial charge >= 0.3 is 0 Å². The largest absolute Gasteiger partial charge is 0.378 e. The van der Waals surface area contributed by atoms with E-state index in [0.717, 1.165) is 24.1 Å². The smallest absolute Gasteiger partial charge is 0.125 e. The molecule has 0 saturated heterocycles. The van der Waals surface area contributed by atoms with E-state index in [2.05, 4.69) is 30.4 Å². The Hall–Kier alpha value is -1.83. The first-order valence-corrected chi connectivity index (χ1v) is 6.75. The highest BCUT2D eigenvalue weighted by atomic mass is 19.1. The molecule has 98 valence electrons. The van der Waals surface area contributed by atoms with E-state index in [9.17, 15) is 4.39 Å². The normalized spacial score (nSPS) is 17.3. The zero-order chi connectivity index (χ0) is 13.4. The molecule has 3 rings (SSSR count). The van der Waals surface area contributed by atoms with Crippen LogP contribution in [0.15, 0.2) is 36.4 Å². The molecule has 1 aliphatic carbocycles. The number of aryl methyl sites for hydroxylation is 3. The molecular weight excluding hydrogens is 237 g/mol. The lowest BCUT2D eigenvalue weighted by Crippen LogP contribution is -2.07. The highest BCUT2D eigenvalue weighted by Gasteiger charge is 2.22. The summed E-state index contributed by atoms with van der Waals surface area (Å²) in [5.74, 6) is -0.176. The minimum Gasteiger partial charge on any atom is -0.378 e. The maximum atomic E-state index is 13.4. The second-order valence-corrected chi connectivity index (χ2v) is 5.46. The van der Waals surface area contributed by atoms with Crippen molar-refractivity contribution in [1.82, 2.24) is 0 Å². The van der Waals surface area contributed by atoms with Gasteiger partial charge in [-0.25, -0.2) is 4.39 Å². The molecule has 0 spiro atoms. The average Bonchev–Trinajstić information content (AvgIpc) is 2.70. The Morgan fingerprint density at radius 1 is 1.05 bits per heavy atom. The topological polar surface area (TPSA) is 12.0 Å². The molecule has 1 atom stereocenters. The van der Waals surface area contributed by atoms with Gasteiger partial charge in [-0.3, -0.25) is 0 Å². The van der Waals surface area contributed by atoms with Crippen LogP contribution in [0.4, 0.5) is 10.1 Å². The molecular formula is C17H18FN. The summed E-state index contributed by atoms with van der Waals surface area (Å²) in [6, 6.07) is 12.0. The lowest BCUT2D eigenvalue weighted by atomic mass is 10.0. The van der Waals surface area contributed by atoms with E-state index in [4.69, 9.17) is 0 Å². The molecule has 0 saturated carbocycles. The maximum absolute atomic E-state index is 13.4. The third-order valence-electron chi connectivity index (χ3n) is 3.76. The molecule has 2 heteroatoms. The van der Waals surface area contributed by atoms with E-state index in [1.54, 1.807) is 12.1 Å². The van der Waals surface area contributed by atoms with Crippen LogP contribution in [-0.2, 0) is 6.42 Å². The predicted molar refractivity (Wildman–Crippen MR) is 77.0 cm³/mol. The number of hydrogen-bond acceptors (Lipinski definition) is 1. The fourth-order valence-electron chi connectivity index (χ4n) is 2.89. The number of nitrogens with one attached hydrogen (secondary N) is 1. The predicted octanol–water partition coefficient (Wildman–Crippen LogP) is 4.54. The summed E-state index contributed by atoms with van der Waals surface area (Å²) in [5, 5.41) is 3.47. The van der Waals surface area contributed by atoms with Gasteiger partial charge in [-0.2, -0.15) is 0 Å². The van der Waals surface area contributed by atoms with Gasteiger partial charge in [0.1, 0.15) is 5.82 Å². The van der Waals surface area contributed by atoms with Gasteiger partial charge in [-0.05, 0) is 61.6 Å². The molecule has 2 aromatic rings. The van der Waals surface area contributed by atoms with Crippen molar-refractivity contribution < 1.29 is 4.39 Å². The number of hydrogen-bond donors (Lipinski definition) is 1. The Kier molecular flexibility index (Phi) is 3.02. The highest BCUT2D eigenvalue weighted by molar-refractivity contribution is 5.50. The molecule has 1 N–H and O–H groups in total. The number of halogens is 1. The molecule has 0 fully saturated rings. The van der Waals surface area contributed by atoms with Gasteiger partial charge in [0.2, 0.25) is 0 Å². The average molecular weight is 255 g/mol. The van der Waals surface area contributed by atoms with Crippen molar-refractivity contribution in [1.29, 1.82) is 0 Å². The number of benzene rings is 2.